The Hall–Kier alpha value is -1.58. The van der Waals surface area contributed by atoms with Gasteiger partial charge in [-0.15, -0.1) is 12.4 Å². The maximum atomic E-state index is 12.5. The Morgan fingerprint density at radius 3 is 2.62 bits per heavy atom. The van der Waals surface area contributed by atoms with Gasteiger partial charge in [0.05, 0.1) is 5.92 Å². The van der Waals surface area contributed by atoms with Crippen molar-refractivity contribution in [3.8, 4) is 0 Å². The molecule has 0 spiro atoms. The van der Waals surface area contributed by atoms with Gasteiger partial charge in [-0.3, -0.25) is 4.79 Å². The highest BCUT2D eigenvalue weighted by molar-refractivity contribution is 5.87. The highest BCUT2D eigenvalue weighted by Crippen LogP contribution is 2.24. The molecule has 1 heterocycles. The van der Waals surface area contributed by atoms with Crippen molar-refractivity contribution >= 4 is 29.1 Å². The second-order valence-corrected chi connectivity index (χ2v) is 5.66. The highest BCUT2D eigenvalue weighted by atomic mass is 35.5. The average Bonchev–Trinajstić information content (AvgIpc) is 2.92. The number of halogens is 1. The molecule has 0 aromatic heterocycles. The summed E-state index contributed by atoms with van der Waals surface area (Å²) in [5.74, 6) is 0.0816. The maximum absolute atomic E-state index is 12.5. The third-order valence-electron chi connectivity index (χ3n) is 4.18. The summed E-state index contributed by atoms with van der Waals surface area (Å²) >= 11 is 0. The number of carbonyl (C=O) groups excluding carboxylic acids is 1. The average molecular weight is 305 g/mol. The van der Waals surface area contributed by atoms with E-state index in [2.05, 4.69) is 30.3 Å². The molecule has 1 aliphatic rings. The van der Waals surface area contributed by atoms with Crippen LogP contribution in [0.15, 0.2) is 42.5 Å². The normalized spacial score (nSPS) is 19.3. The van der Waals surface area contributed by atoms with E-state index in [1.807, 2.05) is 24.0 Å². The summed E-state index contributed by atoms with van der Waals surface area (Å²) in [6, 6.07) is 14.6. The van der Waals surface area contributed by atoms with E-state index in [1.54, 1.807) is 0 Å². The molecule has 0 bridgehead atoms. The van der Waals surface area contributed by atoms with Gasteiger partial charge in [-0.1, -0.05) is 42.5 Å². The first kappa shape index (κ1) is 15.8. The number of fused-ring (bicyclic) bond motifs is 1. The second kappa shape index (κ2) is 6.46. The number of hydrogen-bond acceptors (Lipinski definition) is 2. The number of benzene rings is 2. The molecular formula is C17H21ClN2O. The van der Waals surface area contributed by atoms with Gasteiger partial charge in [-0.25, -0.2) is 0 Å². The van der Waals surface area contributed by atoms with Gasteiger partial charge in [0.25, 0.3) is 0 Å². The summed E-state index contributed by atoms with van der Waals surface area (Å²) in [7, 11) is 0. The zero-order valence-corrected chi connectivity index (χ0v) is 13.0. The van der Waals surface area contributed by atoms with E-state index >= 15 is 0 Å². The summed E-state index contributed by atoms with van der Waals surface area (Å²) in [6.45, 7) is 3.46. The lowest BCUT2D eigenvalue weighted by molar-refractivity contribution is -0.131. The fraction of sp³-hybridized carbons (Fsp3) is 0.353. The molecule has 1 saturated heterocycles. The van der Waals surface area contributed by atoms with Gasteiger partial charge in [0, 0.05) is 19.1 Å². The van der Waals surface area contributed by atoms with Gasteiger partial charge in [-0.2, -0.15) is 0 Å². The quantitative estimate of drug-likeness (QED) is 0.927. The molecule has 2 N–H and O–H groups in total. The summed E-state index contributed by atoms with van der Waals surface area (Å²) in [5.41, 5.74) is 6.96. The van der Waals surface area contributed by atoms with Crippen LogP contribution in [-0.2, 0) is 4.79 Å². The fourth-order valence-corrected chi connectivity index (χ4v) is 2.88. The second-order valence-electron chi connectivity index (χ2n) is 5.66. The molecule has 2 aromatic carbocycles. The molecule has 1 aliphatic heterocycles. The van der Waals surface area contributed by atoms with E-state index in [0.717, 1.165) is 18.5 Å². The summed E-state index contributed by atoms with van der Waals surface area (Å²) < 4.78 is 0. The summed E-state index contributed by atoms with van der Waals surface area (Å²) in [5, 5.41) is 2.39. The van der Waals surface area contributed by atoms with Crippen LogP contribution in [0.5, 0.6) is 0 Å². The molecule has 1 fully saturated rings. The standard InChI is InChI=1S/C17H20N2O.ClH/c1-12(17(20)19-9-8-16(18)11-19)14-7-6-13-4-2-3-5-15(13)10-14;/h2-7,10,12,16H,8-9,11,18H2,1H3;1H/t12?,16-;/m1./s1. The van der Waals surface area contributed by atoms with Crippen LogP contribution in [0.4, 0.5) is 0 Å². The van der Waals surface area contributed by atoms with Gasteiger partial charge >= 0.3 is 0 Å². The molecular weight excluding hydrogens is 284 g/mol. The SMILES string of the molecule is CC(C(=O)N1CC[C@@H](N)C1)c1ccc2ccccc2c1.Cl. The van der Waals surface area contributed by atoms with E-state index in [9.17, 15) is 4.79 Å². The predicted molar refractivity (Wildman–Crippen MR) is 88.8 cm³/mol. The van der Waals surface area contributed by atoms with Gasteiger partial charge < -0.3 is 10.6 Å². The first-order valence-corrected chi connectivity index (χ1v) is 7.18. The van der Waals surface area contributed by atoms with Gasteiger partial charge in [0.15, 0.2) is 0 Å². The fourth-order valence-electron chi connectivity index (χ4n) is 2.88. The minimum absolute atomic E-state index is 0. The van der Waals surface area contributed by atoms with E-state index in [4.69, 9.17) is 5.73 Å². The minimum Gasteiger partial charge on any atom is -0.341 e. The van der Waals surface area contributed by atoms with Gasteiger partial charge in [0.2, 0.25) is 5.91 Å². The van der Waals surface area contributed by atoms with Gasteiger partial charge in [0.1, 0.15) is 0 Å². The lowest BCUT2D eigenvalue weighted by atomic mass is 9.96. The van der Waals surface area contributed by atoms with Crippen molar-refractivity contribution in [2.75, 3.05) is 13.1 Å². The third-order valence-corrected chi connectivity index (χ3v) is 4.18. The molecule has 1 unspecified atom stereocenters. The lowest BCUT2D eigenvalue weighted by Crippen LogP contribution is -2.34. The number of hydrogen-bond donors (Lipinski definition) is 1. The van der Waals surface area contributed by atoms with E-state index in [1.165, 1.54) is 10.8 Å². The third kappa shape index (κ3) is 3.20. The van der Waals surface area contributed by atoms with Crippen LogP contribution in [0.2, 0.25) is 0 Å². The number of likely N-dealkylation sites (tertiary alicyclic amines) is 1. The number of nitrogens with two attached hydrogens (primary N) is 1. The van der Waals surface area contributed by atoms with Crippen LogP contribution < -0.4 is 5.73 Å². The van der Waals surface area contributed by atoms with Crippen molar-refractivity contribution in [3.05, 3.63) is 48.0 Å². The van der Waals surface area contributed by atoms with E-state index in [0.29, 0.717) is 6.54 Å². The number of carbonyl (C=O) groups is 1. The Bertz CT molecular complexity index is 643. The molecule has 0 saturated carbocycles. The van der Waals surface area contributed by atoms with E-state index in [-0.39, 0.29) is 30.3 Å². The van der Waals surface area contributed by atoms with Crippen molar-refractivity contribution in [1.82, 2.24) is 4.90 Å². The van der Waals surface area contributed by atoms with Crippen LogP contribution in [0.25, 0.3) is 10.8 Å². The van der Waals surface area contributed by atoms with Crippen LogP contribution in [0.1, 0.15) is 24.8 Å². The number of nitrogens with zero attached hydrogens (tertiary/aromatic N) is 1. The predicted octanol–water partition coefficient (Wildman–Crippen LogP) is 2.92. The zero-order valence-electron chi connectivity index (χ0n) is 12.2. The van der Waals surface area contributed by atoms with Crippen LogP contribution >= 0.6 is 12.4 Å². The molecule has 3 nitrogen and oxygen atoms in total. The van der Waals surface area contributed by atoms with E-state index < -0.39 is 0 Å². The molecule has 1 amide bonds. The Morgan fingerprint density at radius 2 is 1.95 bits per heavy atom. The molecule has 0 aliphatic carbocycles. The lowest BCUT2D eigenvalue weighted by Gasteiger charge is -2.21. The van der Waals surface area contributed by atoms with Crippen molar-refractivity contribution < 1.29 is 4.79 Å². The molecule has 21 heavy (non-hydrogen) atoms. The molecule has 0 radical (unpaired) electrons. The number of amides is 1. The Morgan fingerprint density at radius 1 is 1.24 bits per heavy atom. The molecule has 3 rings (SSSR count). The topological polar surface area (TPSA) is 46.3 Å². The van der Waals surface area contributed by atoms with Crippen molar-refractivity contribution in [3.63, 3.8) is 0 Å². The largest absolute Gasteiger partial charge is 0.341 e. The summed E-state index contributed by atoms with van der Waals surface area (Å²) in [6.07, 6.45) is 0.913. The van der Waals surface area contributed by atoms with Gasteiger partial charge in [-0.05, 0) is 29.7 Å². The minimum atomic E-state index is -0.107. The van der Waals surface area contributed by atoms with Crippen molar-refractivity contribution in [2.24, 2.45) is 5.73 Å². The molecule has 112 valence electrons. The zero-order chi connectivity index (χ0) is 14.1. The molecule has 2 atom stereocenters. The van der Waals surface area contributed by atoms with Crippen LogP contribution in [0.3, 0.4) is 0 Å². The van der Waals surface area contributed by atoms with Crippen molar-refractivity contribution in [2.45, 2.75) is 25.3 Å². The smallest absolute Gasteiger partial charge is 0.229 e. The molecule has 2 aromatic rings. The Labute approximate surface area is 131 Å². The van der Waals surface area contributed by atoms with Crippen molar-refractivity contribution in [1.29, 1.82) is 0 Å². The first-order valence-electron chi connectivity index (χ1n) is 7.18. The monoisotopic (exact) mass is 304 g/mol. The van der Waals surface area contributed by atoms with Crippen LogP contribution in [0, 0.1) is 0 Å². The summed E-state index contributed by atoms with van der Waals surface area (Å²) in [4.78, 5) is 14.4. The number of rotatable bonds is 2. The Kier molecular flexibility index (Phi) is 4.86. The molecule has 4 heteroatoms. The van der Waals surface area contributed by atoms with Crippen LogP contribution in [-0.4, -0.2) is 29.9 Å². The highest BCUT2D eigenvalue weighted by Gasteiger charge is 2.27. The first-order chi connectivity index (χ1) is 9.65. The maximum Gasteiger partial charge on any atom is 0.229 e. The Balaban J connectivity index is 0.00000161.